The minimum atomic E-state index is -0.403. The molecule has 1 aromatic heterocycles. The SMILES string of the molecule is O=C1NC(c2cnc3ccccc3n2)CO1. The van der Waals surface area contributed by atoms with E-state index in [1.165, 1.54) is 0 Å². The molecule has 1 unspecified atom stereocenters. The van der Waals surface area contributed by atoms with Gasteiger partial charge in [0, 0.05) is 0 Å². The van der Waals surface area contributed by atoms with Crippen LogP contribution in [0.2, 0.25) is 0 Å². The van der Waals surface area contributed by atoms with Gasteiger partial charge in [-0.1, -0.05) is 12.1 Å². The molecule has 1 fully saturated rings. The Balaban J connectivity index is 2.02. The van der Waals surface area contributed by atoms with Gasteiger partial charge in [-0.05, 0) is 12.1 Å². The van der Waals surface area contributed by atoms with Gasteiger partial charge < -0.3 is 10.1 Å². The fraction of sp³-hybridized carbons (Fsp3) is 0.182. The lowest BCUT2D eigenvalue weighted by Crippen LogP contribution is -2.19. The molecule has 16 heavy (non-hydrogen) atoms. The summed E-state index contributed by atoms with van der Waals surface area (Å²) in [5.41, 5.74) is 2.39. The minimum Gasteiger partial charge on any atom is -0.447 e. The van der Waals surface area contributed by atoms with E-state index in [4.69, 9.17) is 4.74 Å². The third-order valence-corrected chi connectivity index (χ3v) is 2.50. The van der Waals surface area contributed by atoms with Crippen molar-refractivity contribution in [3.63, 3.8) is 0 Å². The van der Waals surface area contributed by atoms with Crippen LogP contribution in [0.25, 0.3) is 11.0 Å². The molecule has 5 heteroatoms. The number of hydrogen-bond donors (Lipinski definition) is 1. The van der Waals surface area contributed by atoms with Crippen molar-refractivity contribution in [3.05, 3.63) is 36.2 Å². The van der Waals surface area contributed by atoms with E-state index in [2.05, 4.69) is 15.3 Å². The summed E-state index contributed by atoms with van der Waals surface area (Å²) in [6.45, 7) is 0.311. The van der Waals surface area contributed by atoms with Crippen molar-refractivity contribution < 1.29 is 9.53 Å². The topological polar surface area (TPSA) is 64.1 Å². The molecular formula is C11H9N3O2. The molecule has 1 aromatic carbocycles. The number of benzene rings is 1. The molecule has 0 saturated carbocycles. The molecule has 0 spiro atoms. The molecule has 1 atom stereocenters. The summed E-state index contributed by atoms with van der Waals surface area (Å²) in [6, 6.07) is 7.42. The molecule has 1 saturated heterocycles. The number of hydrogen-bond acceptors (Lipinski definition) is 4. The highest BCUT2D eigenvalue weighted by Crippen LogP contribution is 2.17. The molecule has 1 N–H and O–H groups in total. The van der Waals surface area contributed by atoms with Gasteiger partial charge in [0.05, 0.1) is 22.9 Å². The van der Waals surface area contributed by atoms with Gasteiger partial charge in [-0.25, -0.2) is 9.78 Å². The normalized spacial score (nSPS) is 19.5. The number of para-hydroxylation sites is 2. The molecular weight excluding hydrogens is 206 g/mol. The first-order valence-corrected chi connectivity index (χ1v) is 4.98. The molecule has 2 heterocycles. The Bertz CT molecular complexity index is 556. The van der Waals surface area contributed by atoms with E-state index < -0.39 is 6.09 Å². The van der Waals surface area contributed by atoms with E-state index in [9.17, 15) is 4.79 Å². The van der Waals surface area contributed by atoms with E-state index in [-0.39, 0.29) is 6.04 Å². The van der Waals surface area contributed by atoms with Crippen molar-refractivity contribution in [1.82, 2.24) is 15.3 Å². The van der Waals surface area contributed by atoms with E-state index >= 15 is 0 Å². The van der Waals surface area contributed by atoms with E-state index in [0.29, 0.717) is 6.61 Å². The summed E-state index contributed by atoms with van der Waals surface area (Å²) in [7, 11) is 0. The average Bonchev–Trinajstić information content (AvgIpc) is 2.75. The second-order valence-corrected chi connectivity index (χ2v) is 3.58. The lowest BCUT2D eigenvalue weighted by Gasteiger charge is -2.06. The number of ether oxygens (including phenoxy) is 1. The number of amides is 1. The lowest BCUT2D eigenvalue weighted by atomic mass is 10.2. The maximum atomic E-state index is 10.9. The molecule has 1 aliphatic rings. The number of rotatable bonds is 1. The molecule has 1 aliphatic heterocycles. The van der Waals surface area contributed by atoms with Crippen molar-refractivity contribution in [2.24, 2.45) is 0 Å². The zero-order chi connectivity index (χ0) is 11.0. The zero-order valence-corrected chi connectivity index (χ0v) is 8.38. The summed E-state index contributed by atoms with van der Waals surface area (Å²) < 4.78 is 4.81. The molecule has 80 valence electrons. The zero-order valence-electron chi connectivity index (χ0n) is 8.38. The van der Waals surface area contributed by atoms with Gasteiger partial charge in [-0.3, -0.25) is 4.98 Å². The second kappa shape index (κ2) is 3.44. The molecule has 5 nitrogen and oxygen atoms in total. The molecule has 0 aliphatic carbocycles. The van der Waals surface area contributed by atoms with Crippen LogP contribution in [-0.4, -0.2) is 22.7 Å². The molecule has 1 amide bonds. The minimum absolute atomic E-state index is 0.190. The standard InChI is InChI=1S/C11H9N3O2/c15-11-14-10(6-16-11)9-5-12-7-3-1-2-4-8(7)13-9/h1-5,10H,6H2,(H,14,15). The summed E-state index contributed by atoms with van der Waals surface area (Å²) in [5, 5.41) is 2.67. The van der Waals surface area contributed by atoms with Crippen LogP contribution < -0.4 is 5.32 Å². The van der Waals surface area contributed by atoms with Crippen molar-refractivity contribution in [3.8, 4) is 0 Å². The molecule has 3 rings (SSSR count). The van der Waals surface area contributed by atoms with Gasteiger partial charge >= 0.3 is 6.09 Å². The Morgan fingerprint density at radius 1 is 1.31 bits per heavy atom. The largest absolute Gasteiger partial charge is 0.447 e. The third kappa shape index (κ3) is 1.46. The van der Waals surface area contributed by atoms with E-state index in [1.54, 1.807) is 6.20 Å². The second-order valence-electron chi connectivity index (χ2n) is 3.58. The van der Waals surface area contributed by atoms with Crippen LogP contribution in [-0.2, 0) is 4.74 Å². The van der Waals surface area contributed by atoms with Gasteiger partial charge in [0.25, 0.3) is 0 Å². The maximum Gasteiger partial charge on any atom is 0.407 e. The highest BCUT2D eigenvalue weighted by molar-refractivity contribution is 5.74. The van der Waals surface area contributed by atoms with Crippen LogP contribution in [0.5, 0.6) is 0 Å². The smallest absolute Gasteiger partial charge is 0.407 e. The van der Waals surface area contributed by atoms with Crippen molar-refractivity contribution in [2.75, 3.05) is 6.61 Å². The van der Waals surface area contributed by atoms with Gasteiger partial charge in [-0.2, -0.15) is 0 Å². The van der Waals surface area contributed by atoms with Crippen LogP contribution in [0, 0.1) is 0 Å². The summed E-state index contributed by atoms with van der Waals surface area (Å²) in [4.78, 5) is 19.6. The Morgan fingerprint density at radius 3 is 2.88 bits per heavy atom. The van der Waals surface area contributed by atoms with Crippen LogP contribution in [0.1, 0.15) is 11.7 Å². The monoisotopic (exact) mass is 215 g/mol. The van der Waals surface area contributed by atoms with E-state index in [1.807, 2.05) is 24.3 Å². The number of carbonyl (C=O) groups excluding carboxylic acids is 1. The first kappa shape index (κ1) is 9.08. The number of carbonyl (C=O) groups is 1. The van der Waals surface area contributed by atoms with Crippen LogP contribution in [0.4, 0.5) is 4.79 Å². The van der Waals surface area contributed by atoms with Gasteiger partial charge in [0.2, 0.25) is 0 Å². The van der Waals surface area contributed by atoms with Crippen molar-refractivity contribution in [1.29, 1.82) is 0 Å². The predicted octanol–water partition coefficient (Wildman–Crippen LogP) is 1.41. The van der Waals surface area contributed by atoms with E-state index in [0.717, 1.165) is 16.7 Å². The highest BCUT2D eigenvalue weighted by Gasteiger charge is 2.25. The van der Waals surface area contributed by atoms with Crippen LogP contribution in [0.15, 0.2) is 30.5 Å². The number of nitrogens with zero attached hydrogens (tertiary/aromatic N) is 2. The molecule has 0 bridgehead atoms. The van der Waals surface area contributed by atoms with Gasteiger partial charge in [-0.15, -0.1) is 0 Å². The van der Waals surface area contributed by atoms with Gasteiger partial charge in [0.1, 0.15) is 12.6 Å². The third-order valence-electron chi connectivity index (χ3n) is 2.50. The Kier molecular flexibility index (Phi) is 1.96. The van der Waals surface area contributed by atoms with Crippen LogP contribution in [0.3, 0.4) is 0 Å². The molecule has 0 radical (unpaired) electrons. The van der Waals surface area contributed by atoms with Gasteiger partial charge in [0.15, 0.2) is 0 Å². The fourth-order valence-electron chi connectivity index (χ4n) is 1.68. The summed E-state index contributed by atoms with van der Waals surface area (Å²) in [6.07, 6.45) is 1.27. The quantitative estimate of drug-likeness (QED) is 0.781. The number of cyclic esters (lactones) is 1. The number of fused-ring (bicyclic) bond motifs is 1. The van der Waals surface area contributed by atoms with Crippen molar-refractivity contribution in [2.45, 2.75) is 6.04 Å². The lowest BCUT2D eigenvalue weighted by molar-refractivity contribution is 0.177. The number of alkyl carbamates (subject to hydrolysis) is 1. The number of nitrogens with one attached hydrogen (secondary N) is 1. The Labute approximate surface area is 91.5 Å². The fourth-order valence-corrected chi connectivity index (χ4v) is 1.68. The first-order valence-electron chi connectivity index (χ1n) is 4.98. The summed E-state index contributed by atoms with van der Waals surface area (Å²) >= 11 is 0. The first-order chi connectivity index (χ1) is 7.83. The summed E-state index contributed by atoms with van der Waals surface area (Å²) in [5.74, 6) is 0. The average molecular weight is 215 g/mol. The highest BCUT2D eigenvalue weighted by atomic mass is 16.6. The Morgan fingerprint density at radius 2 is 2.12 bits per heavy atom. The number of aromatic nitrogens is 2. The predicted molar refractivity (Wildman–Crippen MR) is 56.8 cm³/mol. The maximum absolute atomic E-state index is 10.9. The van der Waals surface area contributed by atoms with Crippen molar-refractivity contribution >= 4 is 17.1 Å². The van der Waals surface area contributed by atoms with Crippen LogP contribution >= 0.6 is 0 Å². The molecule has 2 aromatic rings. The Hall–Kier alpha value is -2.17.